The first kappa shape index (κ1) is 21.3. The standard InChI is InChI=1S/C22H29N3O3/c1-4-23-22(27)17-7-5-9-19(13-17)25-21(26)15-24-18-8-6-10-20(14-18)28-12-11-16(2)3/h5-10,13-14,16,24H,4,11-12,15H2,1-3H3,(H,23,27)(H,25,26). The minimum absolute atomic E-state index is 0.112. The number of hydrogen-bond acceptors (Lipinski definition) is 4. The molecule has 6 heteroatoms. The molecule has 0 bridgehead atoms. The van der Waals surface area contributed by atoms with Crippen molar-refractivity contribution in [1.29, 1.82) is 0 Å². The van der Waals surface area contributed by atoms with Crippen LogP contribution in [0.3, 0.4) is 0 Å². The van der Waals surface area contributed by atoms with E-state index in [4.69, 9.17) is 4.74 Å². The van der Waals surface area contributed by atoms with E-state index in [0.717, 1.165) is 17.9 Å². The molecule has 0 aliphatic carbocycles. The summed E-state index contributed by atoms with van der Waals surface area (Å²) in [7, 11) is 0. The molecule has 2 aromatic rings. The van der Waals surface area contributed by atoms with E-state index in [1.807, 2.05) is 31.2 Å². The van der Waals surface area contributed by atoms with E-state index >= 15 is 0 Å². The second-order valence-corrected chi connectivity index (χ2v) is 6.90. The third-order valence-electron chi connectivity index (χ3n) is 4.00. The van der Waals surface area contributed by atoms with Gasteiger partial charge >= 0.3 is 0 Å². The van der Waals surface area contributed by atoms with Crippen LogP contribution < -0.4 is 20.7 Å². The van der Waals surface area contributed by atoms with Crippen LogP contribution in [0.1, 0.15) is 37.6 Å². The number of carbonyl (C=O) groups excluding carboxylic acids is 2. The highest BCUT2D eigenvalue weighted by molar-refractivity contribution is 5.98. The van der Waals surface area contributed by atoms with Gasteiger partial charge in [0, 0.05) is 29.5 Å². The van der Waals surface area contributed by atoms with E-state index in [9.17, 15) is 9.59 Å². The van der Waals surface area contributed by atoms with Gasteiger partial charge < -0.3 is 20.7 Å². The van der Waals surface area contributed by atoms with Crippen molar-refractivity contribution in [3.05, 3.63) is 54.1 Å². The van der Waals surface area contributed by atoms with Gasteiger partial charge in [-0.2, -0.15) is 0 Å². The van der Waals surface area contributed by atoms with Crippen molar-refractivity contribution in [2.75, 3.05) is 30.3 Å². The molecule has 0 heterocycles. The first-order valence-electron chi connectivity index (χ1n) is 9.62. The smallest absolute Gasteiger partial charge is 0.251 e. The van der Waals surface area contributed by atoms with Crippen LogP contribution in [0.5, 0.6) is 5.75 Å². The van der Waals surface area contributed by atoms with Crippen molar-refractivity contribution in [1.82, 2.24) is 5.32 Å². The zero-order chi connectivity index (χ0) is 20.4. The molecule has 3 N–H and O–H groups in total. The summed E-state index contributed by atoms with van der Waals surface area (Å²) in [6.45, 7) is 7.52. The minimum atomic E-state index is -0.195. The summed E-state index contributed by atoms with van der Waals surface area (Å²) in [6, 6.07) is 14.4. The van der Waals surface area contributed by atoms with Crippen LogP contribution >= 0.6 is 0 Å². The molecule has 0 aliphatic rings. The Kier molecular flexibility index (Phi) is 8.34. The molecular weight excluding hydrogens is 354 g/mol. The molecule has 0 aromatic heterocycles. The van der Waals surface area contributed by atoms with Crippen molar-refractivity contribution >= 4 is 23.2 Å². The van der Waals surface area contributed by atoms with Crippen LogP contribution in [0.15, 0.2) is 48.5 Å². The van der Waals surface area contributed by atoms with Crippen molar-refractivity contribution in [2.45, 2.75) is 27.2 Å². The number of hydrogen-bond donors (Lipinski definition) is 3. The molecule has 0 aliphatic heterocycles. The van der Waals surface area contributed by atoms with Crippen molar-refractivity contribution < 1.29 is 14.3 Å². The minimum Gasteiger partial charge on any atom is -0.494 e. The largest absolute Gasteiger partial charge is 0.494 e. The van der Waals surface area contributed by atoms with Crippen molar-refractivity contribution in [3.8, 4) is 5.75 Å². The molecule has 0 atom stereocenters. The maximum absolute atomic E-state index is 12.2. The topological polar surface area (TPSA) is 79.5 Å². The predicted molar refractivity (Wildman–Crippen MR) is 113 cm³/mol. The fourth-order valence-electron chi connectivity index (χ4n) is 2.50. The van der Waals surface area contributed by atoms with E-state index in [2.05, 4.69) is 29.8 Å². The van der Waals surface area contributed by atoms with Gasteiger partial charge in [0.2, 0.25) is 5.91 Å². The van der Waals surface area contributed by atoms with Crippen LogP contribution in [-0.2, 0) is 4.79 Å². The summed E-state index contributed by atoms with van der Waals surface area (Å²) in [5.74, 6) is 1.02. The molecule has 0 fully saturated rings. The van der Waals surface area contributed by atoms with Gasteiger partial charge in [0.25, 0.3) is 5.91 Å². The number of amides is 2. The lowest BCUT2D eigenvalue weighted by atomic mass is 10.1. The zero-order valence-corrected chi connectivity index (χ0v) is 16.7. The van der Waals surface area contributed by atoms with Crippen LogP contribution in [0.25, 0.3) is 0 Å². The number of nitrogens with one attached hydrogen (secondary N) is 3. The van der Waals surface area contributed by atoms with Crippen molar-refractivity contribution in [3.63, 3.8) is 0 Å². The normalized spacial score (nSPS) is 10.4. The summed E-state index contributed by atoms with van der Waals surface area (Å²) in [6.07, 6.45) is 0.995. The molecule has 2 rings (SSSR count). The SMILES string of the molecule is CCNC(=O)c1cccc(NC(=O)CNc2cccc(OCCC(C)C)c2)c1. The molecule has 2 amide bonds. The van der Waals surface area contributed by atoms with Crippen LogP contribution in [0, 0.1) is 5.92 Å². The summed E-state index contributed by atoms with van der Waals surface area (Å²) < 4.78 is 5.74. The highest BCUT2D eigenvalue weighted by Gasteiger charge is 2.07. The van der Waals surface area contributed by atoms with Crippen LogP contribution in [0.2, 0.25) is 0 Å². The van der Waals surface area contributed by atoms with Gasteiger partial charge in [0.1, 0.15) is 5.75 Å². The molecular formula is C22H29N3O3. The molecule has 0 saturated carbocycles. The first-order valence-corrected chi connectivity index (χ1v) is 9.62. The van der Waals surface area contributed by atoms with Crippen LogP contribution in [-0.4, -0.2) is 31.5 Å². The average Bonchev–Trinajstić information content (AvgIpc) is 2.67. The second-order valence-electron chi connectivity index (χ2n) is 6.90. The summed E-state index contributed by atoms with van der Waals surface area (Å²) in [5, 5.41) is 8.63. The van der Waals surface area contributed by atoms with Gasteiger partial charge in [-0.1, -0.05) is 26.0 Å². The lowest BCUT2D eigenvalue weighted by Crippen LogP contribution is -2.24. The second kappa shape index (κ2) is 11.0. The Bertz CT molecular complexity index is 790. The Morgan fingerprint density at radius 2 is 1.79 bits per heavy atom. The Morgan fingerprint density at radius 1 is 1.04 bits per heavy atom. The summed E-state index contributed by atoms with van der Waals surface area (Å²) >= 11 is 0. The highest BCUT2D eigenvalue weighted by Crippen LogP contribution is 2.18. The zero-order valence-electron chi connectivity index (χ0n) is 16.7. The molecule has 0 unspecified atom stereocenters. The fraction of sp³-hybridized carbons (Fsp3) is 0.364. The predicted octanol–water partition coefficient (Wildman–Crippen LogP) is 3.91. The van der Waals surface area contributed by atoms with E-state index < -0.39 is 0 Å². The van der Waals surface area contributed by atoms with Crippen LogP contribution in [0.4, 0.5) is 11.4 Å². The average molecular weight is 383 g/mol. The fourth-order valence-corrected chi connectivity index (χ4v) is 2.50. The van der Waals surface area contributed by atoms with Crippen molar-refractivity contribution in [2.24, 2.45) is 5.92 Å². The molecule has 0 spiro atoms. The lowest BCUT2D eigenvalue weighted by Gasteiger charge is -2.11. The molecule has 28 heavy (non-hydrogen) atoms. The Hall–Kier alpha value is -3.02. The highest BCUT2D eigenvalue weighted by atomic mass is 16.5. The van der Waals surface area contributed by atoms with Gasteiger partial charge in [0.15, 0.2) is 0 Å². The monoisotopic (exact) mass is 383 g/mol. The van der Waals surface area contributed by atoms with Gasteiger partial charge in [-0.3, -0.25) is 9.59 Å². The molecule has 2 aromatic carbocycles. The Balaban J connectivity index is 1.85. The summed E-state index contributed by atoms with van der Waals surface area (Å²) in [4.78, 5) is 24.1. The van der Waals surface area contributed by atoms with E-state index in [1.54, 1.807) is 24.3 Å². The lowest BCUT2D eigenvalue weighted by molar-refractivity contribution is -0.114. The quantitative estimate of drug-likeness (QED) is 0.581. The number of rotatable bonds is 10. The van der Waals surface area contributed by atoms with Gasteiger partial charge in [-0.15, -0.1) is 0 Å². The van der Waals surface area contributed by atoms with Gasteiger partial charge in [-0.25, -0.2) is 0 Å². The number of ether oxygens (including phenoxy) is 1. The maximum atomic E-state index is 12.2. The molecule has 0 radical (unpaired) electrons. The number of carbonyl (C=O) groups is 2. The Morgan fingerprint density at radius 3 is 2.54 bits per heavy atom. The molecule has 6 nitrogen and oxygen atoms in total. The Labute approximate surface area is 166 Å². The summed E-state index contributed by atoms with van der Waals surface area (Å²) in [5.41, 5.74) is 1.91. The van der Waals surface area contributed by atoms with E-state index in [1.165, 1.54) is 0 Å². The first-order chi connectivity index (χ1) is 13.5. The molecule has 150 valence electrons. The van der Waals surface area contributed by atoms with E-state index in [0.29, 0.717) is 30.3 Å². The van der Waals surface area contributed by atoms with E-state index in [-0.39, 0.29) is 18.4 Å². The molecule has 0 saturated heterocycles. The number of anilines is 2. The number of benzene rings is 2. The third kappa shape index (κ3) is 7.31. The van der Waals surface area contributed by atoms with Gasteiger partial charge in [0.05, 0.1) is 13.2 Å². The van der Waals surface area contributed by atoms with Gasteiger partial charge in [-0.05, 0) is 49.6 Å². The third-order valence-corrected chi connectivity index (χ3v) is 4.00. The maximum Gasteiger partial charge on any atom is 0.251 e.